The smallest absolute Gasteiger partial charge is 0.380 e. The van der Waals surface area contributed by atoms with Crippen LogP contribution in [0.15, 0.2) is 28.9 Å². The van der Waals surface area contributed by atoms with Crippen LogP contribution >= 0.6 is 15.9 Å². The van der Waals surface area contributed by atoms with Crippen LogP contribution in [-0.4, -0.2) is 15.0 Å². The van der Waals surface area contributed by atoms with Crippen molar-refractivity contribution in [3.05, 3.63) is 34.4 Å². The Morgan fingerprint density at radius 2 is 1.82 bits per heavy atom. The number of para-hydroxylation sites is 1. The maximum atomic E-state index is 12.7. The number of nitrogens with zero attached hydrogens (tertiary/aromatic N) is 3. The minimum Gasteiger partial charge on any atom is -0.380 e. The molecule has 0 fully saturated rings. The van der Waals surface area contributed by atoms with E-state index in [4.69, 9.17) is 5.73 Å². The monoisotopic (exact) mass is 306 g/mol. The second kappa shape index (κ2) is 4.02. The van der Waals surface area contributed by atoms with E-state index in [1.807, 2.05) is 0 Å². The number of aromatic nitrogens is 3. The summed E-state index contributed by atoms with van der Waals surface area (Å²) in [7, 11) is 0. The molecular weight excluding hydrogens is 301 g/mol. The summed E-state index contributed by atoms with van der Waals surface area (Å²) in [6.45, 7) is 0. The molecule has 8 heteroatoms. The zero-order valence-corrected chi connectivity index (χ0v) is 9.83. The molecule has 0 atom stereocenters. The van der Waals surface area contributed by atoms with Crippen molar-refractivity contribution in [2.24, 2.45) is 0 Å². The van der Waals surface area contributed by atoms with E-state index in [0.29, 0.717) is 0 Å². The van der Waals surface area contributed by atoms with Crippen molar-refractivity contribution in [2.75, 3.05) is 5.73 Å². The number of halogens is 4. The summed E-state index contributed by atoms with van der Waals surface area (Å²) < 4.78 is 38.4. The second-order valence-corrected chi connectivity index (χ2v) is 3.93. The first-order valence-electron chi connectivity index (χ1n) is 4.44. The molecule has 0 unspecified atom stereocenters. The second-order valence-electron chi connectivity index (χ2n) is 3.18. The normalized spacial score (nSPS) is 11.8. The van der Waals surface area contributed by atoms with Crippen LogP contribution < -0.4 is 5.73 Å². The number of nitrogen functional groups attached to an aromatic ring is 1. The summed E-state index contributed by atoms with van der Waals surface area (Å²) in [5, 5.41) is 7.44. The number of rotatable bonds is 1. The van der Waals surface area contributed by atoms with Gasteiger partial charge in [0, 0.05) is 0 Å². The number of benzene rings is 1. The third-order valence-electron chi connectivity index (χ3n) is 2.02. The van der Waals surface area contributed by atoms with Crippen LogP contribution in [-0.2, 0) is 6.18 Å². The predicted molar refractivity (Wildman–Crippen MR) is 58.5 cm³/mol. The Hall–Kier alpha value is -1.57. The maximum Gasteiger partial charge on any atom is 0.418 e. The summed E-state index contributed by atoms with van der Waals surface area (Å²) in [4.78, 5) is 0.849. The summed E-state index contributed by atoms with van der Waals surface area (Å²) >= 11 is 2.99. The first kappa shape index (κ1) is 11.9. The van der Waals surface area contributed by atoms with Gasteiger partial charge >= 0.3 is 6.18 Å². The molecule has 0 aliphatic heterocycles. The third kappa shape index (κ3) is 2.26. The largest absolute Gasteiger partial charge is 0.418 e. The van der Waals surface area contributed by atoms with E-state index in [1.165, 1.54) is 18.2 Å². The minimum absolute atomic E-state index is 0.0296. The average molecular weight is 307 g/mol. The highest BCUT2D eigenvalue weighted by Gasteiger charge is 2.34. The summed E-state index contributed by atoms with van der Waals surface area (Å²) in [6, 6.07) is 5.00. The van der Waals surface area contributed by atoms with E-state index >= 15 is 0 Å². The first-order valence-corrected chi connectivity index (χ1v) is 5.24. The molecule has 0 saturated carbocycles. The van der Waals surface area contributed by atoms with Crippen LogP contribution in [0.25, 0.3) is 5.69 Å². The zero-order chi connectivity index (χ0) is 12.6. The molecule has 1 aromatic carbocycles. The van der Waals surface area contributed by atoms with Crippen LogP contribution in [0.3, 0.4) is 0 Å². The van der Waals surface area contributed by atoms with E-state index in [2.05, 4.69) is 26.1 Å². The van der Waals surface area contributed by atoms with Crippen LogP contribution in [0.5, 0.6) is 0 Å². The Labute approximate surface area is 102 Å². The molecule has 0 spiro atoms. The van der Waals surface area contributed by atoms with Gasteiger partial charge in [-0.05, 0) is 28.1 Å². The Morgan fingerprint density at radius 1 is 1.18 bits per heavy atom. The lowest BCUT2D eigenvalue weighted by Gasteiger charge is -2.10. The fourth-order valence-electron chi connectivity index (χ4n) is 1.30. The highest BCUT2D eigenvalue weighted by Crippen LogP contribution is 2.33. The van der Waals surface area contributed by atoms with E-state index in [-0.39, 0.29) is 16.1 Å². The lowest BCUT2D eigenvalue weighted by molar-refractivity contribution is -0.137. The fourth-order valence-corrected chi connectivity index (χ4v) is 1.53. The van der Waals surface area contributed by atoms with Gasteiger partial charge in [-0.1, -0.05) is 12.1 Å². The summed E-state index contributed by atoms with van der Waals surface area (Å²) in [5.74, 6) is 0.0296. The summed E-state index contributed by atoms with van der Waals surface area (Å²) in [5.41, 5.74) is 4.43. The average Bonchev–Trinajstić information content (AvgIpc) is 2.58. The summed E-state index contributed by atoms with van der Waals surface area (Å²) in [6.07, 6.45) is -4.47. The van der Waals surface area contributed by atoms with Gasteiger partial charge in [0.25, 0.3) is 0 Å². The molecule has 90 valence electrons. The Bertz CT molecular complexity index is 530. The molecule has 2 rings (SSSR count). The van der Waals surface area contributed by atoms with Gasteiger partial charge in [0.1, 0.15) is 0 Å². The molecule has 1 heterocycles. The van der Waals surface area contributed by atoms with Gasteiger partial charge in [-0.3, -0.25) is 0 Å². The predicted octanol–water partition coefficient (Wildman–Crippen LogP) is 2.63. The molecule has 17 heavy (non-hydrogen) atoms. The molecule has 0 saturated heterocycles. The van der Waals surface area contributed by atoms with Crippen LogP contribution in [0.1, 0.15) is 5.56 Å². The van der Waals surface area contributed by atoms with Crippen molar-refractivity contribution >= 4 is 21.7 Å². The van der Waals surface area contributed by atoms with Crippen molar-refractivity contribution < 1.29 is 13.2 Å². The first-order chi connectivity index (χ1) is 7.89. The van der Waals surface area contributed by atoms with Crippen LogP contribution in [0, 0.1) is 0 Å². The number of hydrogen-bond donors (Lipinski definition) is 1. The van der Waals surface area contributed by atoms with Crippen molar-refractivity contribution in [3.8, 4) is 5.69 Å². The topological polar surface area (TPSA) is 56.7 Å². The molecule has 0 bridgehead atoms. The van der Waals surface area contributed by atoms with Gasteiger partial charge in [-0.25, -0.2) is 0 Å². The SMILES string of the molecule is Nc1nn(-c2ccccc2C(F)(F)F)nc1Br. The van der Waals surface area contributed by atoms with Gasteiger partial charge in [-0.2, -0.15) is 13.2 Å². The lowest BCUT2D eigenvalue weighted by Crippen LogP contribution is -2.12. The van der Waals surface area contributed by atoms with Crippen molar-refractivity contribution in [3.63, 3.8) is 0 Å². The molecule has 0 aliphatic rings. The van der Waals surface area contributed by atoms with Gasteiger partial charge < -0.3 is 5.73 Å². The molecular formula is C9H6BrF3N4. The Morgan fingerprint density at radius 3 is 2.35 bits per heavy atom. The Balaban J connectivity index is 2.60. The van der Waals surface area contributed by atoms with E-state index in [0.717, 1.165) is 10.9 Å². The van der Waals surface area contributed by atoms with Crippen molar-refractivity contribution in [2.45, 2.75) is 6.18 Å². The molecule has 2 aromatic rings. The maximum absolute atomic E-state index is 12.7. The van der Waals surface area contributed by atoms with Gasteiger partial charge in [0.05, 0.1) is 11.3 Å². The van der Waals surface area contributed by atoms with Crippen LogP contribution in [0.4, 0.5) is 19.0 Å². The number of nitrogens with two attached hydrogens (primary N) is 1. The molecule has 0 aliphatic carbocycles. The fraction of sp³-hybridized carbons (Fsp3) is 0.111. The van der Waals surface area contributed by atoms with Crippen molar-refractivity contribution in [1.29, 1.82) is 0 Å². The zero-order valence-electron chi connectivity index (χ0n) is 8.24. The minimum atomic E-state index is -4.47. The van der Waals surface area contributed by atoms with Crippen molar-refractivity contribution in [1.82, 2.24) is 15.0 Å². The van der Waals surface area contributed by atoms with Gasteiger partial charge in [-0.15, -0.1) is 15.0 Å². The van der Waals surface area contributed by atoms with E-state index in [9.17, 15) is 13.2 Å². The molecule has 4 nitrogen and oxygen atoms in total. The molecule has 0 radical (unpaired) electrons. The van der Waals surface area contributed by atoms with Gasteiger partial charge in [0.15, 0.2) is 10.4 Å². The van der Waals surface area contributed by atoms with E-state index < -0.39 is 11.7 Å². The van der Waals surface area contributed by atoms with Crippen LogP contribution in [0.2, 0.25) is 0 Å². The quantitative estimate of drug-likeness (QED) is 0.881. The number of alkyl halides is 3. The third-order valence-corrected chi connectivity index (χ3v) is 2.59. The highest BCUT2D eigenvalue weighted by molar-refractivity contribution is 9.10. The lowest BCUT2D eigenvalue weighted by atomic mass is 10.2. The number of anilines is 1. The Kier molecular flexibility index (Phi) is 2.82. The molecule has 1 aromatic heterocycles. The standard InChI is InChI=1S/C9H6BrF3N4/c10-7-8(14)16-17(15-7)6-4-2-1-3-5(6)9(11,12)13/h1-4H,(H2,14,16). The highest BCUT2D eigenvalue weighted by atomic mass is 79.9. The number of hydrogen-bond acceptors (Lipinski definition) is 3. The molecule has 0 amide bonds. The van der Waals surface area contributed by atoms with E-state index in [1.54, 1.807) is 0 Å². The molecule has 2 N–H and O–H groups in total. The van der Waals surface area contributed by atoms with Gasteiger partial charge in [0.2, 0.25) is 0 Å².